The van der Waals surface area contributed by atoms with E-state index in [0.29, 0.717) is 13.2 Å². The van der Waals surface area contributed by atoms with Crippen LogP contribution in [0.3, 0.4) is 0 Å². The molecule has 2 saturated heterocycles. The van der Waals surface area contributed by atoms with E-state index in [1.807, 2.05) is 0 Å². The summed E-state index contributed by atoms with van der Waals surface area (Å²) in [6, 6.07) is 2.86. The molecule has 5 nitrogen and oxygen atoms in total. The molecule has 2 aliphatic heterocycles. The second kappa shape index (κ2) is 6.23. The molecule has 138 valence electrons. The van der Waals surface area contributed by atoms with Gasteiger partial charge in [-0.15, -0.1) is 0 Å². The van der Waals surface area contributed by atoms with Gasteiger partial charge in [0.1, 0.15) is 11.8 Å². The second-order valence-electron chi connectivity index (χ2n) is 7.19. The molecule has 0 N–H and O–H groups in total. The second-order valence-corrected chi connectivity index (χ2v) is 7.19. The van der Waals surface area contributed by atoms with Crippen molar-refractivity contribution in [3.05, 3.63) is 23.5 Å². The average molecular weight is 359 g/mol. The third-order valence-corrected chi connectivity index (χ3v) is 4.87. The normalized spacial score (nSPS) is 26.0. The fraction of sp³-hybridized carbons (Fsp3) is 0.688. The molecular weight excluding hydrogens is 338 g/mol. The predicted octanol–water partition coefficient (Wildman–Crippen LogP) is 2.49. The Morgan fingerprint density at radius 3 is 2.24 bits per heavy atom. The zero-order chi connectivity index (χ0) is 18.5. The Bertz CT molecular complexity index is 629. The summed E-state index contributed by atoms with van der Waals surface area (Å²) in [6.07, 6.45) is -5.24. The minimum atomic E-state index is -4.63. The van der Waals surface area contributed by atoms with Gasteiger partial charge in [0.15, 0.2) is 0 Å². The lowest BCUT2D eigenvalue weighted by Crippen LogP contribution is -2.41. The number of hydrogen-bond acceptors (Lipinski definition) is 5. The van der Waals surface area contributed by atoms with E-state index >= 15 is 0 Å². The van der Waals surface area contributed by atoms with Crippen LogP contribution in [0.25, 0.3) is 0 Å². The summed E-state index contributed by atoms with van der Waals surface area (Å²) in [4.78, 5) is 3.82. The monoisotopic (exact) mass is 359 g/mol. The van der Waals surface area contributed by atoms with Gasteiger partial charge in [0.05, 0.1) is 36.7 Å². The van der Waals surface area contributed by atoms with Crippen molar-refractivity contribution in [2.24, 2.45) is 0 Å². The van der Waals surface area contributed by atoms with Gasteiger partial charge < -0.3 is 18.8 Å². The molecule has 9 heteroatoms. The molecule has 0 bridgehead atoms. The molecule has 0 amide bonds. The minimum absolute atomic E-state index is 0.133. The highest BCUT2D eigenvalue weighted by molar-refractivity contribution is 6.62. The Morgan fingerprint density at radius 1 is 1.08 bits per heavy atom. The zero-order valence-corrected chi connectivity index (χ0v) is 14.6. The summed E-state index contributed by atoms with van der Waals surface area (Å²) in [5.41, 5.74) is -2.43. The van der Waals surface area contributed by atoms with Crippen molar-refractivity contribution in [1.29, 1.82) is 0 Å². The van der Waals surface area contributed by atoms with Crippen molar-refractivity contribution in [2.75, 3.05) is 19.8 Å². The standard InChI is InChI=1S/C16H21BF3NO4/c1-14(2)15(3,4)25-17(24-14)10-5-6-11(12-9-22-7-8-23-12)21-13(10)16(18,19)20/h5-6,12H,7-9H2,1-4H3. The number of nitrogens with zero attached hydrogens (tertiary/aromatic N) is 1. The van der Waals surface area contributed by atoms with Crippen LogP contribution in [0.5, 0.6) is 0 Å². The Hall–Kier alpha value is -1.16. The Kier molecular flexibility index (Phi) is 4.64. The number of halogens is 3. The highest BCUT2D eigenvalue weighted by atomic mass is 19.4. The summed E-state index contributed by atoms with van der Waals surface area (Å²) in [6.45, 7) is 8.08. The maximum absolute atomic E-state index is 13.6. The number of ether oxygens (including phenoxy) is 2. The Balaban J connectivity index is 1.97. The largest absolute Gasteiger partial charge is 0.497 e. The molecular formula is C16H21BF3NO4. The lowest BCUT2D eigenvalue weighted by atomic mass is 9.77. The van der Waals surface area contributed by atoms with Crippen LogP contribution in [0.2, 0.25) is 0 Å². The van der Waals surface area contributed by atoms with Crippen LogP contribution >= 0.6 is 0 Å². The van der Waals surface area contributed by atoms with Crippen LogP contribution in [0.15, 0.2) is 12.1 Å². The maximum atomic E-state index is 13.6. The fourth-order valence-corrected chi connectivity index (χ4v) is 2.71. The molecule has 25 heavy (non-hydrogen) atoms. The number of aromatic nitrogens is 1. The third kappa shape index (κ3) is 3.55. The molecule has 1 atom stereocenters. The van der Waals surface area contributed by atoms with E-state index in [0.717, 1.165) is 0 Å². The quantitative estimate of drug-likeness (QED) is 0.760. The van der Waals surface area contributed by atoms with E-state index in [2.05, 4.69) is 4.98 Å². The van der Waals surface area contributed by atoms with Crippen molar-refractivity contribution in [2.45, 2.75) is 51.2 Å². The summed E-state index contributed by atoms with van der Waals surface area (Å²) < 4.78 is 63.0. The van der Waals surface area contributed by atoms with Crippen molar-refractivity contribution in [1.82, 2.24) is 4.98 Å². The SMILES string of the molecule is CC1(C)OB(c2ccc(C3COCCO3)nc2C(F)(F)F)OC1(C)C. The summed E-state index contributed by atoms with van der Waals surface area (Å²) in [7, 11) is -1.13. The van der Waals surface area contributed by atoms with Gasteiger partial charge in [-0.3, -0.25) is 0 Å². The fourth-order valence-electron chi connectivity index (χ4n) is 2.71. The van der Waals surface area contributed by atoms with Crippen LogP contribution in [-0.4, -0.2) is 43.1 Å². The molecule has 1 aromatic rings. The van der Waals surface area contributed by atoms with Gasteiger partial charge in [0.2, 0.25) is 0 Å². The number of alkyl halides is 3. The van der Waals surface area contributed by atoms with E-state index < -0.39 is 36.3 Å². The van der Waals surface area contributed by atoms with E-state index in [1.165, 1.54) is 12.1 Å². The van der Waals surface area contributed by atoms with E-state index in [1.54, 1.807) is 27.7 Å². The van der Waals surface area contributed by atoms with E-state index in [4.69, 9.17) is 18.8 Å². The molecule has 0 saturated carbocycles. The minimum Gasteiger partial charge on any atom is -0.399 e. The van der Waals surface area contributed by atoms with E-state index in [-0.39, 0.29) is 17.8 Å². The third-order valence-electron chi connectivity index (χ3n) is 4.87. The van der Waals surface area contributed by atoms with Crippen molar-refractivity contribution >= 4 is 12.6 Å². The Labute approximate surface area is 144 Å². The molecule has 2 fully saturated rings. The lowest BCUT2D eigenvalue weighted by molar-refractivity contribution is -0.141. The molecule has 3 heterocycles. The molecule has 1 unspecified atom stereocenters. The number of hydrogen-bond donors (Lipinski definition) is 0. The van der Waals surface area contributed by atoms with Gasteiger partial charge in [-0.05, 0) is 33.8 Å². The Morgan fingerprint density at radius 2 is 1.72 bits per heavy atom. The van der Waals surface area contributed by atoms with Crippen molar-refractivity contribution in [3.63, 3.8) is 0 Å². The van der Waals surface area contributed by atoms with Crippen LogP contribution in [0.1, 0.15) is 45.2 Å². The predicted molar refractivity (Wildman–Crippen MR) is 84.5 cm³/mol. The summed E-state index contributed by atoms with van der Waals surface area (Å²) >= 11 is 0. The molecule has 0 radical (unpaired) electrons. The zero-order valence-electron chi connectivity index (χ0n) is 14.6. The molecule has 3 rings (SSSR count). The average Bonchev–Trinajstić information content (AvgIpc) is 2.75. The maximum Gasteiger partial charge on any atom is 0.497 e. The molecule has 0 aliphatic carbocycles. The lowest BCUT2D eigenvalue weighted by Gasteiger charge is -2.32. The number of pyridine rings is 1. The molecule has 1 aromatic heterocycles. The van der Waals surface area contributed by atoms with Crippen LogP contribution in [0.4, 0.5) is 13.2 Å². The van der Waals surface area contributed by atoms with Crippen LogP contribution in [0, 0.1) is 0 Å². The van der Waals surface area contributed by atoms with Gasteiger partial charge in [0, 0.05) is 5.46 Å². The van der Waals surface area contributed by atoms with Crippen molar-refractivity contribution < 1.29 is 32.0 Å². The smallest absolute Gasteiger partial charge is 0.399 e. The first-order valence-electron chi connectivity index (χ1n) is 8.14. The van der Waals surface area contributed by atoms with Gasteiger partial charge in [-0.2, -0.15) is 13.2 Å². The topological polar surface area (TPSA) is 49.8 Å². The van der Waals surface area contributed by atoms with Gasteiger partial charge in [0.25, 0.3) is 0 Å². The van der Waals surface area contributed by atoms with Crippen LogP contribution < -0.4 is 5.46 Å². The first kappa shape index (κ1) is 18.6. The van der Waals surface area contributed by atoms with E-state index in [9.17, 15) is 13.2 Å². The van der Waals surface area contributed by atoms with Crippen LogP contribution in [-0.2, 0) is 25.0 Å². The first-order valence-corrected chi connectivity index (χ1v) is 8.14. The molecule has 0 aromatic carbocycles. The van der Waals surface area contributed by atoms with Gasteiger partial charge in [-0.1, -0.05) is 6.07 Å². The summed E-state index contributed by atoms with van der Waals surface area (Å²) in [5, 5.41) is 0. The number of rotatable bonds is 2. The highest BCUT2D eigenvalue weighted by Gasteiger charge is 2.54. The highest BCUT2D eigenvalue weighted by Crippen LogP contribution is 2.38. The van der Waals surface area contributed by atoms with Gasteiger partial charge >= 0.3 is 13.3 Å². The first-order chi connectivity index (χ1) is 11.5. The molecule has 0 spiro atoms. The van der Waals surface area contributed by atoms with Crippen molar-refractivity contribution in [3.8, 4) is 0 Å². The summed E-state index contributed by atoms with van der Waals surface area (Å²) in [5.74, 6) is 0. The molecule has 2 aliphatic rings. The van der Waals surface area contributed by atoms with Gasteiger partial charge in [-0.25, -0.2) is 4.98 Å².